The van der Waals surface area contributed by atoms with Crippen LogP contribution in [0.15, 0.2) is 0 Å². The molecule has 2 rings (SSSR count). The second kappa shape index (κ2) is 5.71. The van der Waals surface area contributed by atoms with E-state index >= 15 is 0 Å². The van der Waals surface area contributed by atoms with Crippen molar-refractivity contribution in [2.24, 2.45) is 5.92 Å². The van der Waals surface area contributed by atoms with E-state index in [1.165, 1.54) is 0 Å². The highest BCUT2D eigenvalue weighted by Gasteiger charge is 2.36. The van der Waals surface area contributed by atoms with Gasteiger partial charge in [0.15, 0.2) is 6.61 Å². The third kappa shape index (κ3) is 2.79. The Labute approximate surface area is 106 Å². The number of rotatable bonds is 3. The fourth-order valence-corrected chi connectivity index (χ4v) is 2.19. The van der Waals surface area contributed by atoms with Gasteiger partial charge in [-0.15, -0.1) is 8.78 Å². The first-order chi connectivity index (χ1) is 9.02. The molecule has 0 aromatic carbocycles. The van der Waals surface area contributed by atoms with Gasteiger partial charge in [-0.2, -0.15) is 13.2 Å². The number of hydrogen-bond donors (Lipinski definition) is 0. The largest absolute Gasteiger partial charge is 0.451 e. The molecule has 1 fully saturated rings. The minimum atomic E-state index is -2.19. The van der Waals surface area contributed by atoms with Crippen molar-refractivity contribution < 1.29 is 31.5 Å². The van der Waals surface area contributed by atoms with Gasteiger partial charge in [0.2, 0.25) is 5.82 Å². The minimum absolute atomic E-state index is 0.0664. The molecular formula is C12H13F5NO+. The first-order valence-electron chi connectivity index (χ1n) is 6.09. The zero-order chi connectivity index (χ0) is 14.0. The molecule has 1 aromatic heterocycles. The molecule has 0 N–H and O–H groups in total. The monoisotopic (exact) mass is 282 g/mol. The maximum atomic E-state index is 13.3. The van der Waals surface area contributed by atoms with Crippen LogP contribution in [0.3, 0.4) is 0 Å². The lowest BCUT2D eigenvalue weighted by Gasteiger charge is -2.18. The fourth-order valence-electron chi connectivity index (χ4n) is 2.19. The third-order valence-corrected chi connectivity index (χ3v) is 3.27. The zero-order valence-corrected chi connectivity index (χ0v) is 10.1. The summed E-state index contributed by atoms with van der Waals surface area (Å²) >= 11 is 0. The van der Waals surface area contributed by atoms with Gasteiger partial charge in [-0.3, -0.25) is 4.84 Å². The Balaban J connectivity index is 2.15. The topological polar surface area (TPSA) is 13.1 Å². The van der Waals surface area contributed by atoms with Crippen LogP contribution in [0, 0.1) is 35.3 Å². The predicted molar refractivity (Wildman–Crippen MR) is 54.4 cm³/mol. The van der Waals surface area contributed by atoms with Gasteiger partial charge in [0.25, 0.3) is 11.6 Å². The highest BCUT2D eigenvalue weighted by molar-refractivity contribution is 4.99. The summed E-state index contributed by atoms with van der Waals surface area (Å²) in [5, 5.41) is 0. The van der Waals surface area contributed by atoms with Gasteiger partial charge in [-0.05, 0) is 12.8 Å². The molecule has 1 heterocycles. The van der Waals surface area contributed by atoms with Crippen molar-refractivity contribution in [2.75, 3.05) is 6.61 Å². The van der Waals surface area contributed by atoms with Crippen molar-refractivity contribution in [1.82, 2.24) is 0 Å². The summed E-state index contributed by atoms with van der Waals surface area (Å²) in [7, 11) is 0. The standard InChI is InChI=1S/C12H13F5NO/c13-8-9(14)11(16)18(12(17)10(8)15)19-6-7-4-2-1-3-5-7/h7H,1-6H2/q+1. The molecule has 19 heavy (non-hydrogen) atoms. The summed E-state index contributed by atoms with van der Waals surface area (Å²) in [6, 6.07) is 0. The van der Waals surface area contributed by atoms with Crippen LogP contribution in [0.1, 0.15) is 32.1 Å². The smallest absolute Gasteiger partial charge is 0.265 e. The molecule has 0 atom stereocenters. The highest BCUT2D eigenvalue weighted by Crippen LogP contribution is 2.23. The van der Waals surface area contributed by atoms with Crippen LogP contribution in [0.5, 0.6) is 0 Å². The molecule has 1 aliphatic rings. The van der Waals surface area contributed by atoms with Crippen LogP contribution < -0.4 is 9.57 Å². The maximum Gasteiger partial charge on any atom is 0.451 e. The van der Waals surface area contributed by atoms with Crippen LogP contribution in [0.4, 0.5) is 22.0 Å². The highest BCUT2D eigenvalue weighted by atomic mass is 19.2. The molecule has 0 radical (unpaired) electrons. The summed E-state index contributed by atoms with van der Waals surface area (Å²) < 4.78 is 64.9. The second-order valence-electron chi connectivity index (χ2n) is 4.62. The molecule has 106 valence electrons. The average Bonchev–Trinajstić information content (AvgIpc) is 2.44. The number of pyridine rings is 1. The van der Waals surface area contributed by atoms with E-state index in [2.05, 4.69) is 0 Å². The van der Waals surface area contributed by atoms with Crippen molar-refractivity contribution in [2.45, 2.75) is 32.1 Å². The Hall–Kier alpha value is -1.40. The second-order valence-corrected chi connectivity index (χ2v) is 4.62. The van der Waals surface area contributed by atoms with Gasteiger partial charge in [-0.25, -0.2) is 0 Å². The van der Waals surface area contributed by atoms with E-state index in [0.717, 1.165) is 32.1 Å². The van der Waals surface area contributed by atoms with Gasteiger partial charge in [-0.1, -0.05) is 19.3 Å². The predicted octanol–water partition coefficient (Wildman–Crippen LogP) is 2.68. The van der Waals surface area contributed by atoms with Crippen LogP contribution in [0.2, 0.25) is 0 Å². The molecule has 0 aliphatic heterocycles. The Kier molecular flexibility index (Phi) is 4.21. The quantitative estimate of drug-likeness (QED) is 0.472. The third-order valence-electron chi connectivity index (χ3n) is 3.27. The molecule has 0 spiro atoms. The van der Waals surface area contributed by atoms with Crippen molar-refractivity contribution in [3.63, 3.8) is 0 Å². The Bertz CT molecular complexity index is 445. The van der Waals surface area contributed by atoms with Crippen molar-refractivity contribution in [1.29, 1.82) is 0 Å². The van der Waals surface area contributed by atoms with Gasteiger partial charge in [0.1, 0.15) is 0 Å². The molecular weight excluding hydrogens is 269 g/mol. The molecule has 7 heteroatoms. The number of halogens is 5. The van der Waals surface area contributed by atoms with Gasteiger partial charge < -0.3 is 0 Å². The minimum Gasteiger partial charge on any atom is -0.265 e. The van der Waals surface area contributed by atoms with Crippen LogP contribution >= 0.6 is 0 Å². The lowest BCUT2D eigenvalue weighted by atomic mass is 9.90. The lowest BCUT2D eigenvalue weighted by Crippen LogP contribution is -2.53. The van der Waals surface area contributed by atoms with E-state index in [1.54, 1.807) is 0 Å². The summed E-state index contributed by atoms with van der Waals surface area (Å²) in [6.07, 6.45) is 4.71. The van der Waals surface area contributed by atoms with E-state index in [-0.39, 0.29) is 17.3 Å². The SMILES string of the molecule is Fc1c(F)c(F)[n+](OCC2CCCCC2)c(F)c1F. The number of hydrogen-bond acceptors (Lipinski definition) is 1. The van der Waals surface area contributed by atoms with Crippen LogP contribution in [-0.2, 0) is 0 Å². The van der Waals surface area contributed by atoms with Crippen molar-refractivity contribution >= 4 is 0 Å². The van der Waals surface area contributed by atoms with Gasteiger partial charge in [0, 0.05) is 5.92 Å². The average molecular weight is 282 g/mol. The molecule has 0 unspecified atom stereocenters. The summed E-state index contributed by atoms with van der Waals surface area (Å²) in [5.74, 6) is -10.1. The Morgan fingerprint density at radius 2 is 1.37 bits per heavy atom. The fraction of sp³-hybridized carbons (Fsp3) is 0.583. The first kappa shape index (κ1) is 14.0. The summed E-state index contributed by atoms with van der Waals surface area (Å²) in [6.45, 7) is -0.0664. The summed E-state index contributed by atoms with van der Waals surface area (Å²) in [4.78, 5) is 4.74. The van der Waals surface area contributed by atoms with E-state index in [9.17, 15) is 22.0 Å². The summed E-state index contributed by atoms with van der Waals surface area (Å²) in [5.41, 5.74) is 0. The van der Waals surface area contributed by atoms with Crippen molar-refractivity contribution in [3.05, 3.63) is 29.3 Å². The Morgan fingerprint density at radius 3 is 1.89 bits per heavy atom. The Morgan fingerprint density at radius 1 is 0.842 bits per heavy atom. The lowest BCUT2D eigenvalue weighted by molar-refractivity contribution is -0.932. The van der Waals surface area contributed by atoms with Crippen LogP contribution in [0.25, 0.3) is 0 Å². The molecule has 0 saturated heterocycles. The molecule has 1 saturated carbocycles. The van der Waals surface area contributed by atoms with Gasteiger partial charge >= 0.3 is 11.9 Å². The van der Waals surface area contributed by atoms with E-state index in [1.807, 2.05) is 0 Å². The molecule has 1 aliphatic carbocycles. The molecule has 0 bridgehead atoms. The first-order valence-corrected chi connectivity index (χ1v) is 6.09. The number of aromatic nitrogens is 1. The van der Waals surface area contributed by atoms with E-state index in [4.69, 9.17) is 4.84 Å². The zero-order valence-electron chi connectivity index (χ0n) is 10.1. The maximum absolute atomic E-state index is 13.3. The molecule has 2 nitrogen and oxygen atoms in total. The number of nitrogens with zero attached hydrogens (tertiary/aromatic N) is 1. The van der Waals surface area contributed by atoms with E-state index < -0.39 is 29.3 Å². The van der Waals surface area contributed by atoms with Gasteiger partial charge in [0.05, 0.1) is 4.73 Å². The normalized spacial score (nSPS) is 16.7. The van der Waals surface area contributed by atoms with Crippen LogP contribution in [-0.4, -0.2) is 6.61 Å². The molecule has 1 aromatic rings. The molecule has 0 amide bonds. The van der Waals surface area contributed by atoms with Crippen molar-refractivity contribution in [3.8, 4) is 0 Å². The van der Waals surface area contributed by atoms with E-state index in [0.29, 0.717) is 0 Å².